The SMILES string of the molecule is C=Cc1cc(CC(=O)NS(=O)(=O)C(F)(F)F)cc2ccccc12. The van der Waals surface area contributed by atoms with Gasteiger partial charge in [-0.3, -0.25) is 4.79 Å². The molecule has 0 saturated heterocycles. The second-order valence-electron chi connectivity index (χ2n) is 4.76. The maximum Gasteiger partial charge on any atom is 0.516 e. The van der Waals surface area contributed by atoms with Crippen LogP contribution >= 0.6 is 0 Å². The lowest BCUT2D eigenvalue weighted by molar-refractivity contribution is -0.119. The number of carbonyl (C=O) groups is 1. The molecule has 0 unspecified atom stereocenters. The van der Waals surface area contributed by atoms with Crippen molar-refractivity contribution in [3.63, 3.8) is 0 Å². The molecule has 0 spiro atoms. The summed E-state index contributed by atoms with van der Waals surface area (Å²) >= 11 is 0. The lowest BCUT2D eigenvalue weighted by Crippen LogP contribution is -2.40. The molecule has 0 atom stereocenters. The van der Waals surface area contributed by atoms with E-state index in [4.69, 9.17) is 0 Å². The van der Waals surface area contributed by atoms with Gasteiger partial charge in [-0.25, -0.2) is 4.72 Å². The smallest absolute Gasteiger partial charge is 0.274 e. The maximum atomic E-state index is 12.2. The molecule has 1 N–H and O–H groups in total. The molecule has 8 heteroatoms. The summed E-state index contributed by atoms with van der Waals surface area (Å²) in [5.41, 5.74) is -4.45. The number of benzene rings is 2. The first-order chi connectivity index (χ1) is 10.6. The number of alkyl halides is 3. The Balaban J connectivity index is 2.29. The van der Waals surface area contributed by atoms with E-state index in [0.717, 1.165) is 15.5 Å². The van der Waals surface area contributed by atoms with Crippen molar-refractivity contribution in [3.05, 3.63) is 54.1 Å². The Morgan fingerprint density at radius 3 is 2.48 bits per heavy atom. The van der Waals surface area contributed by atoms with Crippen LogP contribution in [0, 0.1) is 0 Å². The number of hydrogen-bond acceptors (Lipinski definition) is 3. The summed E-state index contributed by atoms with van der Waals surface area (Å²) in [4.78, 5) is 11.6. The number of sulfonamides is 1. The number of halogens is 3. The summed E-state index contributed by atoms with van der Waals surface area (Å²) in [7, 11) is -5.69. The molecule has 0 aliphatic carbocycles. The van der Waals surface area contributed by atoms with Crippen molar-refractivity contribution in [1.82, 2.24) is 4.72 Å². The Bertz CT molecular complexity index is 873. The van der Waals surface area contributed by atoms with Gasteiger partial charge in [0.25, 0.3) is 0 Å². The van der Waals surface area contributed by atoms with Crippen molar-refractivity contribution in [2.24, 2.45) is 0 Å². The Hall–Kier alpha value is -2.35. The number of fused-ring (bicyclic) bond motifs is 1. The largest absolute Gasteiger partial charge is 0.516 e. The van der Waals surface area contributed by atoms with E-state index in [1.54, 1.807) is 30.3 Å². The first kappa shape index (κ1) is 17.0. The van der Waals surface area contributed by atoms with Crippen LogP contribution in [0.4, 0.5) is 13.2 Å². The van der Waals surface area contributed by atoms with Gasteiger partial charge in [-0.15, -0.1) is 0 Å². The number of rotatable bonds is 4. The summed E-state index contributed by atoms with van der Waals surface area (Å²) < 4.78 is 59.6. The van der Waals surface area contributed by atoms with Crippen LogP contribution in [0.1, 0.15) is 11.1 Å². The topological polar surface area (TPSA) is 63.2 Å². The first-order valence-corrected chi connectivity index (χ1v) is 7.88. The van der Waals surface area contributed by atoms with E-state index in [0.29, 0.717) is 11.1 Å². The monoisotopic (exact) mass is 343 g/mol. The zero-order valence-electron chi connectivity index (χ0n) is 11.7. The third-order valence-corrected chi connectivity index (χ3v) is 4.20. The van der Waals surface area contributed by atoms with Crippen LogP contribution < -0.4 is 4.72 Å². The van der Waals surface area contributed by atoms with Crippen molar-refractivity contribution >= 4 is 32.8 Å². The van der Waals surface area contributed by atoms with E-state index in [1.807, 2.05) is 12.1 Å². The second-order valence-corrected chi connectivity index (χ2v) is 6.44. The Kier molecular flexibility index (Phi) is 4.46. The Morgan fingerprint density at radius 1 is 1.22 bits per heavy atom. The van der Waals surface area contributed by atoms with E-state index in [-0.39, 0.29) is 0 Å². The molecular formula is C15H12F3NO3S. The number of amides is 1. The molecule has 23 heavy (non-hydrogen) atoms. The minimum atomic E-state index is -5.69. The lowest BCUT2D eigenvalue weighted by atomic mass is 9.99. The highest BCUT2D eigenvalue weighted by Gasteiger charge is 2.46. The van der Waals surface area contributed by atoms with Crippen LogP contribution in [-0.2, 0) is 21.2 Å². The summed E-state index contributed by atoms with van der Waals surface area (Å²) in [6.45, 7) is 3.65. The number of hydrogen-bond donors (Lipinski definition) is 1. The Morgan fingerprint density at radius 2 is 1.87 bits per heavy atom. The molecule has 0 bridgehead atoms. The van der Waals surface area contributed by atoms with Gasteiger partial charge in [0.15, 0.2) is 0 Å². The van der Waals surface area contributed by atoms with Crippen LogP contribution in [0.3, 0.4) is 0 Å². The van der Waals surface area contributed by atoms with Gasteiger partial charge in [-0.2, -0.15) is 21.6 Å². The summed E-state index contributed by atoms with van der Waals surface area (Å²) in [5, 5.41) is 1.64. The fraction of sp³-hybridized carbons (Fsp3) is 0.133. The van der Waals surface area contributed by atoms with Crippen molar-refractivity contribution in [2.45, 2.75) is 11.9 Å². The van der Waals surface area contributed by atoms with Gasteiger partial charge in [0.1, 0.15) is 0 Å². The molecule has 0 heterocycles. The van der Waals surface area contributed by atoms with Crippen molar-refractivity contribution in [1.29, 1.82) is 0 Å². The van der Waals surface area contributed by atoms with Crippen molar-refractivity contribution in [2.75, 3.05) is 0 Å². The van der Waals surface area contributed by atoms with Gasteiger partial charge >= 0.3 is 15.5 Å². The Labute approximate surface area is 130 Å². The molecule has 0 aliphatic heterocycles. The molecule has 0 aliphatic rings. The average Bonchev–Trinajstić information content (AvgIpc) is 2.44. The van der Waals surface area contributed by atoms with Gasteiger partial charge in [0.05, 0.1) is 6.42 Å². The number of nitrogens with one attached hydrogen (secondary N) is 1. The zero-order chi connectivity index (χ0) is 17.3. The highest BCUT2D eigenvalue weighted by Crippen LogP contribution is 2.24. The molecule has 2 rings (SSSR count). The van der Waals surface area contributed by atoms with E-state index in [1.165, 1.54) is 0 Å². The average molecular weight is 343 g/mol. The highest BCUT2D eigenvalue weighted by atomic mass is 32.2. The van der Waals surface area contributed by atoms with Crippen LogP contribution in [-0.4, -0.2) is 19.8 Å². The van der Waals surface area contributed by atoms with Gasteiger partial charge in [-0.1, -0.05) is 49.1 Å². The van der Waals surface area contributed by atoms with Crippen LogP contribution in [0.15, 0.2) is 43.0 Å². The van der Waals surface area contributed by atoms with Gasteiger partial charge in [-0.05, 0) is 21.9 Å². The molecule has 0 saturated carbocycles. The van der Waals surface area contributed by atoms with Crippen molar-refractivity contribution < 1.29 is 26.4 Å². The molecule has 1 amide bonds. The van der Waals surface area contributed by atoms with Gasteiger partial charge < -0.3 is 0 Å². The summed E-state index contributed by atoms with van der Waals surface area (Å²) in [6, 6.07) is 10.4. The third-order valence-electron chi connectivity index (χ3n) is 3.09. The molecule has 0 aromatic heterocycles. The zero-order valence-corrected chi connectivity index (χ0v) is 12.5. The molecule has 4 nitrogen and oxygen atoms in total. The molecule has 2 aromatic carbocycles. The van der Waals surface area contributed by atoms with E-state index >= 15 is 0 Å². The maximum absolute atomic E-state index is 12.2. The summed E-state index contributed by atoms with van der Waals surface area (Å²) in [6.07, 6.45) is 1.05. The third kappa shape index (κ3) is 3.70. The van der Waals surface area contributed by atoms with Crippen LogP contribution in [0.5, 0.6) is 0 Å². The van der Waals surface area contributed by atoms with E-state index in [9.17, 15) is 26.4 Å². The molecule has 0 fully saturated rings. The second kappa shape index (κ2) is 6.04. The fourth-order valence-corrected chi connectivity index (χ4v) is 2.59. The van der Waals surface area contributed by atoms with Crippen LogP contribution in [0.2, 0.25) is 0 Å². The van der Waals surface area contributed by atoms with Crippen molar-refractivity contribution in [3.8, 4) is 0 Å². The minimum absolute atomic E-state index is 0.383. The predicted octanol–water partition coefficient (Wildman–Crippen LogP) is 2.99. The van der Waals surface area contributed by atoms with Gasteiger partial charge in [0.2, 0.25) is 5.91 Å². The molecule has 122 valence electrons. The lowest BCUT2D eigenvalue weighted by Gasteiger charge is -2.10. The minimum Gasteiger partial charge on any atom is -0.274 e. The highest BCUT2D eigenvalue weighted by molar-refractivity contribution is 7.90. The first-order valence-electron chi connectivity index (χ1n) is 6.40. The summed E-state index contributed by atoms with van der Waals surface area (Å²) in [5.74, 6) is -1.26. The standard InChI is InChI=1S/C15H12F3NO3S/c1-2-11-7-10(8-12-5-3-4-6-13(11)12)9-14(20)19-23(21,22)15(16,17)18/h2-8H,1,9H2,(H,19,20). The number of carbonyl (C=O) groups excluding carboxylic acids is 1. The molecule has 0 radical (unpaired) electrons. The van der Waals surface area contributed by atoms with E-state index in [2.05, 4.69) is 6.58 Å². The van der Waals surface area contributed by atoms with Crippen LogP contribution in [0.25, 0.3) is 16.8 Å². The predicted molar refractivity (Wildman–Crippen MR) is 80.9 cm³/mol. The molecule has 2 aromatic rings. The fourth-order valence-electron chi connectivity index (χ4n) is 2.10. The quantitative estimate of drug-likeness (QED) is 0.928. The normalized spacial score (nSPS) is 12.1. The molecular weight excluding hydrogens is 331 g/mol. The van der Waals surface area contributed by atoms with E-state index < -0.39 is 27.9 Å². The van der Waals surface area contributed by atoms with Gasteiger partial charge in [0, 0.05) is 0 Å².